The molecule has 5 heteroatoms. The van der Waals surface area contributed by atoms with Gasteiger partial charge in [0.15, 0.2) is 0 Å². The van der Waals surface area contributed by atoms with Crippen LogP contribution in [0.2, 0.25) is 0 Å². The minimum absolute atomic E-state index is 0.123. The highest BCUT2D eigenvalue weighted by Gasteiger charge is 2.16. The second-order valence-electron chi connectivity index (χ2n) is 3.84. The van der Waals surface area contributed by atoms with Gasteiger partial charge >= 0.3 is 0 Å². The van der Waals surface area contributed by atoms with Crippen LogP contribution in [0.1, 0.15) is 17.3 Å². The average Bonchev–Trinajstić information content (AvgIpc) is 2.87. The lowest BCUT2D eigenvalue weighted by Crippen LogP contribution is -2.07. The lowest BCUT2D eigenvalue weighted by molar-refractivity contribution is 0.361. The number of ether oxygens (including phenoxy) is 1. The summed E-state index contributed by atoms with van der Waals surface area (Å²) in [6.07, 6.45) is 2.09. The van der Waals surface area contributed by atoms with Crippen molar-refractivity contribution in [3.63, 3.8) is 0 Å². The molecule has 0 saturated heterocycles. The Balaban J connectivity index is 1.94. The monoisotopic (exact) mass is 239 g/mol. The first-order valence-corrected chi connectivity index (χ1v) is 5.49. The summed E-state index contributed by atoms with van der Waals surface area (Å²) in [5.74, 6) is 1.66. The second-order valence-corrected chi connectivity index (χ2v) is 3.84. The standard InChI is InChI=1S/C13H9N3O2/c14-6-5-12-15-13(16-18-12)10-7-9-3-1-2-4-11(9)17-8-10/h1-4,7H,5,8H2. The Morgan fingerprint density at radius 3 is 3.11 bits per heavy atom. The number of nitriles is 1. The quantitative estimate of drug-likeness (QED) is 0.802. The van der Waals surface area contributed by atoms with Crippen molar-refractivity contribution in [1.82, 2.24) is 10.1 Å². The van der Waals surface area contributed by atoms with Gasteiger partial charge in [0.25, 0.3) is 0 Å². The molecule has 5 nitrogen and oxygen atoms in total. The maximum atomic E-state index is 8.55. The molecule has 1 aromatic carbocycles. The van der Waals surface area contributed by atoms with E-state index in [1.54, 1.807) is 0 Å². The summed E-state index contributed by atoms with van der Waals surface area (Å²) in [6, 6.07) is 9.72. The molecule has 18 heavy (non-hydrogen) atoms. The summed E-state index contributed by atoms with van der Waals surface area (Å²) in [5, 5.41) is 12.4. The third-order valence-electron chi connectivity index (χ3n) is 2.62. The number of aromatic nitrogens is 2. The maximum absolute atomic E-state index is 8.55. The normalized spacial score (nSPS) is 13.2. The fraction of sp³-hybridized carbons (Fsp3) is 0.154. The lowest BCUT2D eigenvalue weighted by Gasteiger charge is -2.15. The molecule has 0 bridgehead atoms. The molecule has 0 aliphatic carbocycles. The van der Waals surface area contributed by atoms with Crippen LogP contribution >= 0.6 is 0 Å². The molecule has 0 amide bonds. The van der Waals surface area contributed by atoms with Crippen molar-refractivity contribution in [2.45, 2.75) is 6.42 Å². The van der Waals surface area contributed by atoms with Crippen LogP contribution < -0.4 is 4.74 Å². The molecule has 0 fully saturated rings. The zero-order chi connectivity index (χ0) is 12.4. The van der Waals surface area contributed by atoms with Gasteiger partial charge in [-0.25, -0.2) is 0 Å². The van der Waals surface area contributed by atoms with Crippen molar-refractivity contribution in [3.8, 4) is 11.8 Å². The Morgan fingerprint density at radius 2 is 2.22 bits per heavy atom. The van der Waals surface area contributed by atoms with Crippen LogP contribution in [-0.2, 0) is 6.42 Å². The Hall–Kier alpha value is -2.61. The van der Waals surface area contributed by atoms with Crippen LogP contribution in [-0.4, -0.2) is 16.7 Å². The predicted octanol–water partition coefficient (Wildman–Crippen LogP) is 2.07. The van der Waals surface area contributed by atoms with Crippen molar-refractivity contribution in [2.75, 3.05) is 6.61 Å². The van der Waals surface area contributed by atoms with Crippen molar-refractivity contribution < 1.29 is 9.26 Å². The largest absolute Gasteiger partial charge is 0.488 e. The van der Waals surface area contributed by atoms with Gasteiger partial charge in [-0.1, -0.05) is 23.4 Å². The molecule has 0 radical (unpaired) electrons. The van der Waals surface area contributed by atoms with Crippen LogP contribution in [0.25, 0.3) is 11.6 Å². The average molecular weight is 239 g/mol. The number of nitrogens with zero attached hydrogens (tertiary/aromatic N) is 3. The van der Waals surface area contributed by atoms with E-state index in [0.29, 0.717) is 18.3 Å². The first kappa shape index (κ1) is 10.5. The van der Waals surface area contributed by atoms with E-state index in [4.69, 9.17) is 14.5 Å². The van der Waals surface area contributed by atoms with Gasteiger partial charge in [0.2, 0.25) is 11.7 Å². The summed E-state index contributed by atoms with van der Waals surface area (Å²) >= 11 is 0. The molecule has 0 atom stereocenters. The van der Waals surface area contributed by atoms with Crippen LogP contribution in [0, 0.1) is 11.3 Å². The Labute approximate surface area is 103 Å². The summed E-state index contributed by atoms with van der Waals surface area (Å²) in [4.78, 5) is 4.15. The minimum Gasteiger partial charge on any atom is -0.488 e. The van der Waals surface area contributed by atoms with E-state index in [0.717, 1.165) is 16.9 Å². The van der Waals surface area contributed by atoms with Gasteiger partial charge in [0.05, 0.1) is 6.07 Å². The van der Waals surface area contributed by atoms with E-state index in [2.05, 4.69) is 10.1 Å². The van der Waals surface area contributed by atoms with Crippen molar-refractivity contribution in [1.29, 1.82) is 5.26 Å². The highest BCUT2D eigenvalue weighted by molar-refractivity contribution is 5.82. The summed E-state index contributed by atoms with van der Waals surface area (Å²) in [5.41, 5.74) is 1.84. The number of rotatable bonds is 2. The molecule has 88 valence electrons. The molecule has 1 aliphatic heterocycles. The van der Waals surface area contributed by atoms with E-state index in [9.17, 15) is 0 Å². The van der Waals surface area contributed by atoms with E-state index >= 15 is 0 Å². The van der Waals surface area contributed by atoms with E-state index in [1.165, 1.54) is 0 Å². The molecular formula is C13H9N3O2. The molecule has 0 unspecified atom stereocenters. The highest BCUT2D eigenvalue weighted by Crippen LogP contribution is 2.28. The van der Waals surface area contributed by atoms with Gasteiger partial charge in [-0.15, -0.1) is 0 Å². The minimum atomic E-state index is 0.123. The predicted molar refractivity (Wildman–Crippen MR) is 63.4 cm³/mol. The van der Waals surface area contributed by atoms with Gasteiger partial charge < -0.3 is 9.26 Å². The molecule has 1 aromatic heterocycles. The van der Waals surface area contributed by atoms with Crippen LogP contribution in [0.3, 0.4) is 0 Å². The smallest absolute Gasteiger partial charge is 0.241 e. The molecule has 3 rings (SSSR count). The molecule has 0 N–H and O–H groups in total. The summed E-state index contributed by atoms with van der Waals surface area (Å²) in [6.45, 7) is 0.405. The first-order chi connectivity index (χ1) is 8.86. The first-order valence-electron chi connectivity index (χ1n) is 5.49. The molecular weight excluding hydrogens is 230 g/mol. The fourth-order valence-corrected chi connectivity index (χ4v) is 1.77. The summed E-state index contributed by atoms with van der Waals surface area (Å²) in [7, 11) is 0. The molecule has 0 spiro atoms. The van der Waals surface area contributed by atoms with E-state index in [1.807, 2.05) is 36.4 Å². The Bertz CT molecular complexity index is 652. The number of hydrogen-bond acceptors (Lipinski definition) is 5. The van der Waals surface area contributed by atoms with Crippen molar-refractivity contribution >= 4 is 11.6 Å². The lowest BCUT2D eigenvalue weighted by atomic mass is 10.1. The Kier molecular flexibility index (Phi) is 2.54. The van der Waals surface area contributed by atoms with Crippen LogP contribution in [0.4, 0.5) is 0 Å². The third-order valence-corrected chi connectivity index (χ3v) is 2.62. The van der Waals surface area contributed by atoms with Gasteiger partial charge in [-0.3, -0.25) is 0 Å². The molecule has 2 heterocycles. The van der Waals surface area contributed by atoms with Crippen LogP contribution in [0.5, 0.6) is 5.75 Å². The topological polar surface area (TPSA) is 71.9 Å². The van der Waals surface area contributed by atoms with Gasteiger partial charge in [0, 0.05) is 11.1 Å². The summed E-state index contributed by atoms with van der Waals surface area (Å²) < 4.78 is 10.6. The van der Waals surface area contributed by atoms with Crippen molar-refractivity contribution in [2.24, 2.45) is 0 Å². The zero-order valence-electron chi connectivity index (χ0n) is 9.46. The fourth-order valence-electron chi connectivity index (χ4n) is 1.77. The van der Waals surface area contributed by atoms with Gasteiger partial charge in [-0.2, -0.15) is 10.2 Å². The van der Waals surface area contributed by atoms with Crippen molar-refractivity contribution in [3.05, 3.63) is 41.5 Å². The SMILES string of the molecule is N#CCc1nc(C2=Cc3ccccc3OC2)no1. The maximum Gasteiger partial charge on any atom is 0.241 e. The molecule has 2 aromatic rings. The van der Waals surface area contributed by atoms with Crippen LogP contribution in [0.15, 0.2) is 28.8 Å². The molecule has 1 aliphatic rings. The van der Waals surface area contributed by atoms with E-state index < -0.39 is 0 Å². The number of hydrogen-bond donors (Lipinski definition) is 0. The highest BCUT2D eigenvalue weighted by atomic mass is 16.5. The third kappa shape index (κ3) is 1.84. The van der Waals surface area contributed by atoms with Gasteiger partial charge in [0.1, 0.15) is 18.8 Å². The number of fused-ring (bicyclic) bond motifs is 1. The van der Waals surface area contributed by atoms with E-state index in [-0.39, 0.29) is 6.42 Å². The number of benzene rings is 1. The van der Waals surface area contributed by atoms with Gasteiger partial charge in [-0.05, 0) is 12.1 Å². The second kappa shape index (κ2) is 4.34. The number of para-hydroxylation sites is 1. The zero-order valence-corrected chi connectivity index (χ0v) is 9.46. The molecule has 0 saturated carbocycles. The Morgan fingerprint density at radius 1 is 1.33 bits per heavy atom.